The second kappa shape index (κ2) is 9.67. The SMILES string of the molecule is C=C1C(=O)O[C@@H]2/C=C(/C)CC/C=C(/C)C[C@@H](OC(=O)/C(=C/CO)COC)[C@@H]12. The predicted octanol–water partition coefficient (Wildman–Crippen LogP) is 2.64. The average molecular weight is 376 g/mol. The molecule has 1 aliphatic carbocycles. The minimum absolute atomic E-state index is 0.0322. The largest absolute Gasteiger partial charge is 0.458 e. The summed E-state index contributed by atoms with van der Waals surface area (Å²) in [6, 6.07) is 0. The monoisotopic (exact) mass is 376 g/mol. The first-order valence-electron chi connectivity index (χ1n) is 9.09. The van der Waals surface area contributed by atoms with E-state index in [0.717, 1.165) is 24.0 Å². The van der Waals surface area contributed by atoms with Crippen molar-refractivity contribution in [1.82, 2.24) is 0 Å². The second-order valence-electron chi connectivity index (χ2n) is 7.02. The van der Waals surface area contributed by atoms with Crippen molar-refractivity contribution in [3.8, 4) is 0 Å². The molecule has 1 N–H and O–H groups in total. The average Bonchev–Trinajstić information content (AvgIpc) is 2.87. The molecule has 0 aromatic heterocycles. The highest BCUT2D eigenvalue weighted by molar-refractivity contribution is 5.92. The van der Waals surface area contributed by atoms with E-state index in [0.29, 0.717) is 12.0 Å². The third-order valence-corrected chi connectivity index (χ3v) is 4.82. The number of hydrogen-bond donors (Lipinski definition) is 1. The molecule has 0 spiro atoms. The number of carbonyl (C=O) groups excluding carboxylic acids is 2. The normalized spacial score (nSPS) is 30.5. The molecule has 1 fully saturated rings. The number of fused-ring (bicyclic) bond motifs is 1. The zero-order valence-electron chi connectivity index (χ0n) is 16.2. The Morgan fingerprint density at radius 2 is 2.15 bits per heavy atom. The Labute approximate surface area is 160 Å². The van der Waals surface area contributed by atoms with Crippen LogP contribution in [-0.2, 0) is 23.8 Å². The molecule has 0 saturated carbocycles. The third kappa shape index (κ3) is 5.40. The molecule has 6 nitrogen and oxygen atoms in total. The van der Waals surface area contributed by atoms with Gasteiger partial charge in [-0.2, -0.15) is 0 Å². The lowest BCUT2D eigenvalue weighted by Crippen LogP contribution is -2.34. The van der Waals surface area contributed by atoms with Gasteiger partial charge in [-0.3, -0.25) is 0 Å². The van der Waals surface area contributed by atoms with Gasteiger partial charge in [0.15, 0.2) is 0 Å². The van der Waals surface area contributed by atoms with Crippen LogP contribution in [0.1, 0.15) is 33.1 Å². The summed E-state index contributed by atoms with van der Waals surface area (Å²) in [7, 11) is 1.46. The predicted molar refractivity (Wildman–Crippen MR) is 101 cm³/mol. The number of allylic oxidation sites excluding steroid dienone is 2. The summed E-state index contributed by atoms with van der Waals surface area (Å²) in [5, 5.41) is 9.13. The van der Waals surface area contributed by atoms with Gasteiger partial charge in [0.1, 0.15) is 12.2 Å². The van der Waals surface area contributed by atoms with Gasteiger partial charge in [-0.05, 0) is 38.8 Å². The lowest BCUT2D eigenvalue weighted by atomic mass is 9.85. The molecule has 0 unspecified atom stereocenters. The van der Waals surface area contributed by atoms with Crippen LogP contribution in [-0.4, -0.2) is 49.6 Å². The van der Waals surface area contributed by atoms with Crippen LogP contribution >= 0.6 is 0 Å². The maximum absolute atomic E-state index is 12.6. The molecule has 1 heterocycles. The molecule has 0 aromatic carbocycles. The van der Waals surface area contributed by atoms with Crippen LogP contribution in [0.25, 0.3) is 0 Å². The first-order valence-corrected chi connectivity index (χ1v) is 9.09. The fourth-order valence-electron chi connectivity index (χ4n) is 3.41. The summed E-state index contributed by atoms with van der Waals surface area (Å²) in [5.74, 6) is -1.48. The van der Waals surface area contributed by atoms with Crippen molar-refractivity contribution < 1.29 is 28.9 Å². The second-order valence-corrected chi connectivity index (χ2v) is 7.02. The molecule has 6 heteroatoms. The number of aliphatic hydroxyl groups excluding tert-OH is 1. The van der Waals surface area contributed by atoms with Gasteiger partial charge < -0.3 is 19.3 Å². The van der Waals surface area contributed by atoms with Crippen molar-refractivity contribution in [3.63, 3.8) is 0 Å². The van der Waals surface area contributed by atoms with Crippen LogP contribution in [0.5, 0.6) is 0 Å². The number of methoxy groups -OCH3 is 1. The Bertz CT molecular complexity index is 685. The van der Waals surface area contributed by atoms with Crippen molar-refractivity contribution in [2.24, 2.45) is 5.92 Å². The summed E-state index contributed by atoms with van der Waals surface area (Å²) >= 11 is 0. The van der Waals surface area contributed by atoms with Gasteiger partial charge in [-0.1, -0.05) is 23.8 Å². The number of ether oxygens (including phenoxy) is 3. The summed E-state index contributed by atoms with van der Waals surface area (Å²) in [5.41, 5.74) is 2.74. The minimum atomic E-state index is -0.598. The van der Waals surface area contributed by atoms with Gasteiger partial charge in [-0.15, -0.1) is 0 Å². The number of hydrogen-bond acceptors (Lipinski definition) is 6. The molecule has 0 bridgehead atoms. The van der Waals surface area contributed by atoms with E-state index in [1.807, 2.05) is 19.9 Å². The molecule has 148 valence electrons. The standard InChI is InChI=1S/C21H28O6/c1-13-6-5-7-14(2)11-18(19-15(3)20(23)26-17(19)10-13)27-21(24)16(8-9-22)12-25-4/h7-8,10,17-19,22H,3,5-6,9,11-12H2,1-2,4H3/b13-10-,14-7-,16-8+/t17-,18-,19+/m1/s1. The van der Waals surface area contributed by atoms with Gasteiger partial charge >= 0.3 is 11.9 Å². The molecular weight excluding hydrogens is 348 g/mol. The summed E-state index contributed by atoms with van der Waals surface area (Å²) < 4.78 is 16.3. The Morgan fingerprint density at radius 1 is 1.41 bits per heavy atom. The van der Waals surface area contributed by atoms with Crippen LogP contribution in [0.2, 0.25) is 0 Å². The van der Waals surface area contributed by atoms with Crippen molar-refractivity contribution >= 4 is 11.9 Å². The van der Waals surface area contributed by atoms with E-state index < -0.39 is 30.1 Å². The lowest BCUT2D eigenvalue weighted by molar-refractivity contribution is -0.147. The molecular formula is C21H28O6. The van der Waals surface area contributed by atoms with Gasteiger partial charge in [-0.25, -0.2) is 9.59 Å². The zero-order chi connectivity index (χ0) is 20.0. The molecule has 3 atom stereocenters. The van der Waals surface area contributed by atoms with Gasteiger partial charge in [0.2, 0.25) is 0 Å². The minimum Gasteiger partial charge on any atom is -0.458 e. The van der Waals surface area contributed by atoms with Gasteiger partial charge in [0.25, 0.3) is 0 Å². The van der Waals surface area contributed by atoms with Crippen molar-refractivity contribution in [1.29, 1.82) is 0 Å². The Balaban J connectivity index is 2.35. The van der Waals surface area contributed by atoms with E-state index in [4.69, 9.17) is 19.3 Å². The first-order chi connectivity index (χ1) is 12.9. The van der Waals surface area contributed by atoms with Crippen LogP contribution < -0.4 is 0 Å². The topological polar surface area (TPSA) is 82.1 Å². The number of carbonyl (C=O) groups is 2. The summed E-state index contributed by atoms with van der Waals surface area (Å²) in [6.07, 6.45) is 6.55. The highest BCUT2D eigenvalue weighted by Crippen LogP contribution is 2.36. The van der Waals surface area contributed by atoms with Crippen molar-refractivity contribution in [2.45, 2.75) is 45.3 Å². The molecule has 0 amide bonds. The molecule has 1 aliphatic heterocycles. The van der Waals surface area contributed by atoms with Crippen LogP contribution in [0.4, 0.5) is 0 Å². The molecule has 0 aromatic rings. The number of aliphatic hydroxyl groups is 1. The van der Waals surface area contributed by atoms with Crippen molar-refractivity contribution in [2.75, 3.05) is 20.3 Å². The fraction of sp³-hybridized carbons (Fsp3) is 0.524. The molecule has 2 aliphatic rings. The highest BCUT2D eigenvalue weighted by atomic mass is 16.6. The fourth-order valence-corrected chi connectivity index (χ4v) is 3.41. The third-order valence-electron chi connectivity index (χ3n) is 4.82. The summed E-state index contributed by atoms with van der Waals surface area (Å²) in [6.45, 7) is 7.60. The lowest BCUT2D eigenvalue weighted by Gasteiger charge is -2.27. The Hall–Kier alpha value is -2.18. The number of esters is 2. The van der Waals surface area contributed by atoms with Crippen LogP contribution in [0.15, 0.2) is 47.1 Å². The van der Waals surface area contributed by atoms with Crippen molar-refractivity contribution in [3.05, 3.63) is 47.1 Å². The zero-order valence-corrected chi connectivity index (χ0v) is 16.2. The molecule has 1 saturated heterocycles. The highest BCUT2D eigenvalue weighted by Gasteiger charge is 2.44. The maximum Gasteiger partial charge on any atom is 0.336 e. The first kappa shape index (κ1) is 21.1. The van der Waals surface area contributed by atoms with E-state index in [1.165, 1.54) is 13.2 Å². The molecule has 27 heavy (non-hydrogen) atoms. The van der Waals surface area contributed by atoms with Gasteiger partial charge in [0.05, 0.1) is 24.7 Å². The maximum atomic E-state index is 12.6. The van der Waals surface area contributed by atoms with E-state index in [1.54, 1.807) is 0 Å². The molecule has 0 radical (unpaired) electrons. The summed E-state index contributed by atoms with van der Waals surface area (Å²) in [4.78, 5) is 24.7. The Kier molecular flexibility index (Phi) is 7.56. The van der Waals surface area contributed by atoms with Crippen LogP contribution in [0, 0.1) is 5.92 Å². The van der Waals surface area contributed by atoms with E-state index in [9.17, 15) is 9.59 Å². The van der Waals surface area contributed by atoms with E-state index in [-0.39, 0.29) is 18.8 Å². The molecule has 2 rings (SSSR count). The number of rotatable bonds is 5. The van der Waals surface area contributed by atoms with E-state index >= 15 is 0 Å². The van der Waals surface area contributed by atoms with Gasteiger partial charge in [0, 0.05) is 19.1 Å². The van der Waals surface area contributed by atoms with E-state index in [2.05, 4.69) is 12.7 Å². The smallest absolute Gasteiger partial charge is 0.336 e. The quantitative estimate of drug-likeness (QED) is 0.451. The van der Waals surface area contributed by atoms with Crippen LogP contribution in [0.3, 0.4) is 0 Å². The Morgan fingerprint density at radius 3 is 2.81 bits per heavy atom.